The molecule has 1 aliphatic rings. The third kappa shape index (κ3) is 3.80. The van der Waals surface area contributed by atoms with Gasteiger partial charge in [-0.3, -0.25) is 9.59 Å². The maximum absolute atomic E-state index is 12.8. The molecular weight excluding hydrogens is 372 g/mol. The normalized spacial score (nSPS) is 16.2. The van der Waals surface area contributed by atoms with Crippen molar-refractivity contribution in [1.82, 2.24) is 15.1 Å². The maximum Gasteiger partial charge on any atom is 0.286 e. The number of carbonyl (C=O) groups excluding carboxylic acids is 2. The van der Waals surface area contributed by atoms with Crippen molar-refractivity contribution in [3.63, 3.8) is 0 Å². The van der Waals surface area contributed by atoms with Crippen molar-refractivity contribution in [2.75, 3.05) is 11.9 Å². The number of carbonyl (C=O) groups is 2. The van der Waals surface area contributed by atoms with Crippen molar-refractivity contribution in [3.8, 4) is 0 Å². The summed E-state index contributed by atoms with van der Waals surface area (Å²) in [6, 6.07) is 16.7. The van der Waals surface area contributed by atoms with E-state index in [0.29, 0.717) is 27.8 Å². The Kier molecular flexibility index (Phi) is 5.16. The van der Waals surface area contributed by atoms with Crippen LogP contribution in [0.15, 0.2) is 54.6 Å². The van der Waals surface area contributed by atoms with Crippen molar-refractivity contribution in [2.45, 2.75) is 25.8 Å². The van der Waals surface area contributed by atoms with E-state index in [2.05, 4.69) is 15.5 Å². The molecule has 1 aromatic heterocycles. The van der Waals surface area contributed by atoms with Crippen LogP contribution in [0, 0.1) is 6.92 Å². The summed E-state index contributed by atoms with van der Waals surface area (Å²) in [6.07, 6.45) is 1.74. The lowest BCUT2D eigenvalue weighted by molar-refractivity contribution is 0.0735. The number of aromatic nitrogens is 2. The van der Waals surface area contributed by atoms with Gasteiger partial charge in [0, 0.05) is 17.8 Å². The lowest BCUT2D eigenvalue weighted by Gasteiger charge is -2.22. The highest BCUT2D eigenvalue weighted by Crippen LogP contribution is 2.34. The minimum absolute atomic E-state index is 0.0102. The highest BCUT2D eigenvalue weighted by Gasteiger charge is 2.33. The van der Waals surface area contributed by atoms with E-state index in [-0.39, 0.29) is 17.9 Å². The molecule has 4 rings (SSSR count). The van der Waals surface area contributed by atoms with Gasteiger partial charge in [0.2, 0.25) is 5.01 Å². The van der Waals surface area contributed by atoms with Crippen LogP contribution in [0.5, 0.6) is 0 Å². The Morgan fingerprint density at radius 3 is 2.57 bits per heavy atom. The van der Waals surface area contributed by atoms with Gasteiger partial charge in [0.25, 0.3) is 11.8 Å². The Morgan fingerprint density at radius 2 is 1.82 bits per heavy atom. The van der Waals surface area contributed by atoms with E-state index in [0.717, 1.165) is 18.4 Å². The van der Waals surface area contributed by atoms with Gasteiger partial charge in [0.15, 0.2) is 0 Å². The zero-order valence-electron chi connectivity index (χ0n) is 15.5. The molecule has 1 saturated heterocycles. The molecule has 6 nitrogen and oxygen atoms in total. The molecule has 0 bridgehead atoms. The second-order valence-electron chi connectivity index (χ2n) is 6.79. The van der Waals surface area contributed by atoms with Crippen molar-refractivity contribution in [3.05, 3.63) is 75.7 Å². The van der Waals surface area contributed by atoms with Gasteiger partial charge in [-0.2, -0.15) is 0 Å². The molecule has 1 aliphatic heterocycles. The Bertz CT molecular complexity index is 985. The van der Waals surface area contributed by atoms with Crippen molar-refractivity contribution >= 4 is 28.8 Å². The summed E-state index contributed by atoms with van der Waals surface area (Å²) < 4.78 is 0. The molecule has 0 saturated carbocycles. The number of hydrogen-bond acceptors (Lipinski definition) is 5. The summed E-state index contributed by atoms with van der Waals surface area (Å²) in [5.74, 6) is -0.296. The van der Waals surface area contributed by atoms with E-state index in [1.165, 1.54) is 11.3 Å². The van der Waals surface area contributed by atoms with Gasteiger partial charge in [0.05, 0.1) is 6.04 Å². The first-order valence-corrected chi connectivity index (χ1v) is 10.0. The molecule has 28 heavy (non-hydrogen) atoms. The number of nitrogens with one attached hydrogen (secondary N) is 1. The molecule has 1 N–H and O–H groups in total. The van der Waals surface area contributed by atoms with Crippen LogP contribution in [0.3, 0.4) is 0 Å². The first-order valence-electron chi connectivity index (χ1n) is 9.19. The molecule has 2 amide bonds. The molecule has 1 fully saturated rings. The summed E-state index contributed by atoms with van der Waals surface area (Å²) in [4.78, 5) is 27.2. The van der Waals surface area contributed by atoms with Crippen molar-refractivity contribution < 1.29 is 9.59 Å². The Labute approximate surface area is 167 Å². The number of amides is 2. The molecule has 0 aliphatic carbocycles. The second-order valence-corrected chi connectivity index (χ2v) is 7.80. The fraction of sp³-hybridized carbons (Fsp3) is 0.238. The van der Waals surface area contributed by atoms with Gasteiger partial charge in [-0.15, -0.1) is 10.2 Å². The van der Waals surface area contributed by atoms with E-state index in [4.69, 9.17) is 0 Å². The first-order chi connectivity index (χ1) is 13.6. The first kappa shape index (κ1) is 18.3. The molecule has 142 valence electrons. The van der Waals surface area contributed by atoms with Crippen LogP contribution in [0.4, 0.5) is 5.69 Å². The van der Waals surface area contributed by atoms with Crippen LogP contribution in [-0.4, -0.2) is 33.5 Å². The molecule has 1 unspecified atom stereocenters. The number of rotatable bonds is 4. The number of anilines is 1. The van der Waals surface area contributed by atoms with Gasteiger partial charge in [-0.05, 0) is 44.0 Å². The molecule has 2 aromatic carbocycles. The lowest BCUT2D eigenvalue weighted by atomic mass is 10.2. The van der Waals surface area contributed by atoms with E-state index >= 15 is 0 Å². The Hall–Kier alpha value is -3.06. The summed E-state index contributed by atoms with van der Waals surface area (Å²) in [5, 5.41) is 12.1. The van der Waals surface area contributed by atoms with Crippen LogP contribution in [-0.2, 0) is 0 Å². The van der Waals surface area contributed by atoms with Crippen LogP contribution < -0.4 is 5.32 Å². The van der Waals surface area contributed by atoms with Gasteiger partial charge in [0.1, 0.15) is 5.01 Å². The van der Waals surface area contributed by atoms with Gasteiger partial charge in [-0.25, -0.2) is 0 Å². The highest BCUT2D eigenvalue weighted by atomic mass is 32.1. The van der Waals surface area contributed by atoms with E-state index in [1.807, 2.05) is 66.4 Å². The molecular formula is C21H20N4O2S. The minimum atomic E-state index is -0.286. The fourth-order valence-corrected chi connectivity index (χ4v) is 4.18. The van der Waals surface area contributed by atoms with E-state index in [9.17, 15) is 9.59 Å². The zero-order valence-corrected chi connectivity index (χ0v) is 16.3. The molecule has 7 heteroatoms. The van der Waals surface area contributed by atoms with Gasteiger partial charge >= 0.3 is 0 Å². The molecule has 0 spiro atoms. The number of aryl methyl sites for hydroxylation is 1. The largest absolute Gasteiger partial charge is 0.329 e. The fourth-order valence-electron chi connectivity index (χ4n) is 3.30. The standard InChI is InChI=1S/C21H20N4O2S/c1-14-9-11-16(12-10-14)22-18(26)20-24-23-19(28-20)17-8-5-13-25(17)21(27)15-6-3-2-4-7-15/h2-4,6-7,9-12,17H,5,8,13H2,1H3,(H,22,26). The third-order valence-electron chi connectivity index (χ3n) is 4.76. The second kappa shape index (κ2) is 7.90. The minimum Gasteiger partial charge on any atom is -0.329 e. The molecule has 1 atom stereocenters. The SMILES string of the molecule is Cc1ccc(NC(=O)c2nnc(C3CCCN3C(=O)c3ccccc3)s2)cc1. The van der Waals surface area contributed by atoms with Crippen molar-refractivity contribution in [1.29, 1.82) is 0 Å². The summed E-state index contributed by atoms with van der Waals surface area (Å²) >= 11 is 1.25. The number of hydrogen-bond donors (Lipinski definition) is 1. The Morgan fingerprint density at radius 1 is 1.07 bits per heavy atom. The number of likely N-dealkylation sites (tertiary alicyclic amines) is 1. The summed E-state index contributed by atoms with van der Waals surface area (Å²) in [5.41, 5.74) is 2.51. The topological polar surface area (TPSA) is 75.2 Å². The zero-order chi connectivity index (χ0) is 19.5. The third-order valence-corrected chi connectivity index (χ3v) is 5.79. The van der Waals surface area contributed by atoms with Crippen LogP contribution in [0.2, 0.25) is 0 Å². The predicted octanol–water partition coefficient (Wildman–Crippen LogP) is 4.08. The average Bonchev–Trinajstić information content (AvgIpc) is 3.39. The Balaban J connectivity index is 1.49. The van der Waals surface area contributed by atoms with Gasteiger partial charge < -0.3 is 10.2 Å². The monoisotopic (exact) mass is 392 g/mol. The van der Waals surface area contributed by atoms with Crippen LogP contribution >= 0.6 is 11.3 Å². The summed E-state index contributed by atoms with van der Waals surface area (Å²) in [7, 11) is 0. The number of nitrogens with zero attached hydrogens (tertiary/aromatic N) is 3. The van der Waals surface area contributed by atoms with Crippen molar-refractivity contribution in [2.24, 2.45) is 0 Å². The van der Waals surface area contributed by atoms with Crippen LogP contribution in [0.25, 0.3) is 0 Å². The predicted molar refractivity (Wildman–Crippen MR) is 108 cm³/mol. The lowest BCUT2D eigenvalue weighted by Crippen LogP contribution is -2.30. The molecule has 0 radical (unpaired) electrons. The number of benzene rings is 2. The van der Waals surface area contributed by atoms with E-state index < -0.39 is 0 Å². The van der Waals surface area contributed by atoms with E-state index in [1.54, 1.807) is 0 Å². The molecule has 3 aromatic rings. The quantitative estimate of drug-likeness (QED) is 0.726. The van der Waals surface area contributed by atoms with Gasteiger partial charge in [-0.1, -0.05) is 47.2 Å². The summed E-state index contributed by atoms with van der Waals surface area (Å²) in [6.45, 7) is 2.68. The highest BCUT2D eigenvalue weighted by molar-refractivity contribution is 7.13. The molecule has 2 heterocycles. The average molecular weight is 392 g/mol. The van der Waals surface area contributed by atoms with Crippen LogP contribution in [0.1, 0.15) is 49.6 Å². The smallest absolute Gasteiger partial charge is 0.286 e. The maximum atomic E-state index is 12.8.